The van der Waals surface area contributed by atoms with E-state index >= 15 is 0 Å². The van der Waals surface area contributed by atoms with E-state index in [1.807, 2.05) is 0 Å². The van der Waals surface area contributed by atoms with E-state index < -0.39 is 13.4 Å². The Hall–Kier alpha value is -0.220. The summed E-state index contributed by atoms with van der Waals surface area (Å²) < 4.78 is 14.2. The van der Waals surface area contributed by atoms with Gasteiger partial charge in [-0.25, -0.2) is 4.57 Å². The Bertz CT molecular complexity index is 168. The molecule has 6 heteroatoms. The highest BCUT2D eigenvalue weighted by atomic mass is 31.2. The second-order valence-corrected chi connectivity index (χ2v) is 3.47. The lowest BCUT2D eigenvalue weighted by atomic mass is 10.2. The Morgan fingerprint density at radius 3 is 2.00 bits per heavy atom. The van der Waals surface area contributed by atoms with Crippen LogP contribution in [0.25, 0.3) is 0 Å². The summed E-state index contributed by atoms with van der Waals surface area (Å²) in [5.74, 6) is 0. The smallest absolute Gasteiger partial charge is 0.303 e. The predicted molar refractivity (Wildman–Crippen MR) is 33.3 cm³/mol. The standard InChI is InChI=1S/C4H9O5P/c1-4(2,3-5)9-10(6,7)8/h3H,1-2H3,(H2,6,7,8). The molecule has 0 aliphatic carbocycles. The number of hydrogen-bond acceptors (Lipinski definition) is 3. The summed E-state index contributed by atoms with van der Waals surface area (Å²) in [5.41, 5.74) is -1.42. The second-order valence-electron chi connectivity index (χ2n) is 2.30. The van der Waals surface area contributed by atoms with Crippen molar-refractivity contribution in [3.63, 3.8) is 0 Å². The van der Waals surface area contributed by atoms with E-state index in [0.717, 1.165) is 0 Å². The van der Waals surface area contributed by atoms with Gasteiger partial charge in [0.2, 0.25) is 0 Å². The zero-order chi connectivity index (χ0) is 8.41. The number of phosphoric acid groups is 1. The van der Waals surface area contributed by atoms with E-state index in [9.17, 15) is 9.36 Å². The summed E-state index contributed by atoms with van der Waals surface area (Å²) in [7, 11) is -4.54. The van der Waals surface area contributed by atoms with Crippen LogP contribution >= 0.6 is 7.82 Å². The average Bonchev–Trinajstić information content (AvgIpc) is 1.60. The minimum atomic E-state index is -4.54. The fraction of sp³-hybridized carbons (Fsp3) is 0.750. The lowest BCUT2D eigenvalue weighted by molar-refractivity contribution is -0.120. The van der Waals surface area contributed by atoms with Gasteiger partial charge in [-0.3, -0.25) is 4.52 Å². The molecule has 0 fully saturated rings. The Balaban J connectivity index is 4.15. The van der Waals surface area contributed by atoms with Gasteiger partial charge < -0.3 is 14.6 Å². The quantitative estimate of drug-likeness (QED) is 0.460. The van der Waals surface area contributed by atoms with Crippen molar-refractivity contribution in [2.45, 2.75) is 19.4 Å². The lowest BCUT2D eigenvalue weighted by Gasteiger charge is -2.17. The average molecular weight is 168 g/mol. The fourth-order valence-electron chi connectivity index (χ4n) is 0.328. The van der Waals surface area contributed by atoms with Crippen LogP contribution in [0.2, 0.25) is 0 Å². The number of hydrogen-bond donors (Lipinski definition) is 2. The van der Waals surface area contributed by atoms with Gasteiger partial charge in [-0.05, 0) is 13.8 Å². The van der Waals surface area contributed by atoms with Gasteiger partial charge in [0, 0.05) is 0 Å². The van der Waals surface area contributed by atoms with E-state index in [1.54, 1.807) is 0 Å². The Morgan fingerprint density at radius 2 is 1.90 bits per heavy atom. The molecule has 5 nitrogen and oxygen atoms in total. The van der Waals surface area contributed by atoms with Gasteiger partial charge in [-0.2, -0.15) is 0 Å². The largest absolute Gasteiger partial charge is 0.470 e. The summed E-state index contributed by atoms with van der Waals surface area (Å²) in [6.45, 7) is 2.53. The molecule has 10 heavy (non-hydrogen) atoms. The highest BCUT2D eigenvalue weighted by molar-refractivity contribution is 7.46. The molecule has 0 bridgehead atoms. The van der Waals surface area contributed by atoms with Crippen molar-refractivity contribution < 1.29 is 23.7 Å². The Labute approximate surface area is 58.2 Å². The van der Waals surface area contributed by atoms with Crippen molar-refractivity contribution >= 4 is 14.1 Å². The maximum absolute atomic E-state index is 10.1. The molecule has 0 unspecified atom stereocenters. The number of carbonyl (C=O) groups is 1. The van der Waals surface area contributed by atoms with Crippen molar-refractivity contribution in [2.75, 3.05) is 0 Å². The normalized spacial score (nSPS) is 13.2. The van der Waals surface area contributed by atoms with E-state index in [1.165, 1.54) is 13.8 Å². The molecule has 0 aromatic rings. The maximum Gasteiger partial charge on any atom is 0.470 e. The summed E-state index contributed by atoms with van der Waals surface area (Å²) in [6.07, 6.45) is 0.325. The molecule has 0 amide bonds. The van der Waals surface area contributed by atoms with Gasteiger partial charge in [0.25, 0.3) is 0 Å². The molecule has 0 saturated heterocycles. The van der Waals surface area contributed by atoms with E-state index in [2.05, 4.69) is 4.52 Å². The third kappa shape index (κ3) is 4.64. The molecular formula is C4H9O5P. The SMILES string of the molecule is CC(C)(C=O)OP(=O)(O)O. The van der Waals surface area contributed by atoms with Gasteiger partial charge in [-0.15, -0.1) is 0 Å². The zero-order valence-electron chi connectivity index (χ0n) is 5.64. The van der Waals surface area contributed by atoms with Crippen LogP contribution in [-0.2, 0) is 13.9 Å². The molecule has 0 aliphatic heterocycles. The second kappa shape index (κ2) is 2.80. The predicted octanol–water partition coefficient (Wildman–Crippen LogP) is 0.0732. The third-order valence-corrected chi connectivity index (χ3v) is 1.35. The van der Waals surface area contributed by atoms with Gasteiger partial charge in [0.05, 0.1) is 0 Å². The first-order valence-electron chi connectivity index (χ1n) is 2.49. The molecule has 0 aliphatic rings. The number of rotatable bonds is 3. The van der Waals surface area contributed by atoms with Gasteiger partial charge in [0.1, 0.15) is 5.60 Å². The molecule has 0 rings (SSSR count). The van der Waals surface area contributed by atoms with Crippen LogP contribution in [0, 0.1) is 0 Å². The van der Waals surface area contributed by atoms with Crippen molar-refractivity contribution in [2.24, 2.45) is 0 Å². The highest BCUT2D eigenvalue weighted by Crippen LogP contribution is 2.40. The molecule has 60 valence electrons. The van der Waals surface area contributed by atoms with Crippen LogP contribution in [0.15, 0.2) is 0 Å². The van der Waals surface area contributed by atoms with Crippen molar-refractivity contribution in [3.8, 4) is 0 Å². The van der Waals surface area contributed by atoms with Gasteiger partial charge >= 0.3 is 7.82 Å². The molecule has 2 N–H and O–H groups in total. The van der Waals surface area contributed by atoms with Crippen molar-refractivity contribution in [1.29, 1.82) is 0 Å². The Kier molecular flexibility index (Phi) is 2.74. The molecule has 0 atom stereocenters. The molecule has 0 aromatic heterocycles. The first-order valence-corrected chi connectivity index (χ1v) is 4.02. The lowest BCUT2D eigenvalue weighted by Crippen LogP contribution is -2.24. The maximum atomic E-state index is 10.1. The van der Waals surface area contributed by atoms with E-state index in [0.29, 0.717) is 6.29 Å². The monoisotopic (exact) mass is 168 g/mol. The Morgan fingerprint density at radius 1 is 1.50 bits per heavy atom. The molecule has 0 aromatic carbocycles. The molecule has 0 heterocycles. The number of aldehydes is 1. The highest BCUT2D eigenvalue weighted by Gasteiger charge is 2.28. The molecule has 0 spiro atoms. The van der Waals surface area contributed by atoms with Crippen LogP contribution in [0.3, 0.4) is 0 Å². The van der Waals surface area contributed by atoms with E-state index in [-0.39, 0.29) is 0 Å². The third-order valence-electron chi connectivity index (χ3n) is 0.638. The number of phosphoric ester groups is 1. The summed E-state index contributed by atoms with van der Waals surface area (Å²) >= 11 is 0. The fourth-order valence-corrected chi connectivity index (χ4v) is 0.984. The minimum absolute atomic E-state index is 0.325. The van der Waals surface area contributed by atoms with Crippen LogP contribution in [0.1, 0.15) is 13.8 Å². The minimum Gasteiger partial charge on any atom is -0.303 e. The molecular weight excluding hydrogens is 159 g/mol. The summed E-state index contributed by atoms with van der Waals surface area (Å²) in [5, 5.41) is 0. The number of carbonyl (C=O) groups excluding carboxylic acids is 1. The van der Waals surface area contributed by atoms with Crippen LogP contribution in [-0.4, -0.2) is 21.7 Å². The summed E-state index contributed by atoms with van der Waals surface area (Å²) in [6, 6.07) is 0. The van der Waals surface area contributed by atoms with E-state index in [4.69, 9.17) is 9.79 Å². The zero-order valence-corrected chi connectivity index (χ0v) is 6.54. The first-order chi connectivity index (χ1) is 4.27. The van der Waals surface area contributed by atoms with Crippen LogP contribution < -0.4 is 0 Å². The molecule has 0 radical (unpaired) electrons. The topological polar surface area (TPSA) is 83.8 Å². The van der Waals surface area contributed by atoms with Gasteiger partial charge in [-0.1, -0.05) is 0 Å². The van der Waals surface area contributed by atoms with Crippen molar-refractivity contribution in [1.82, 2.24) is 0 Å². The first kappa shape index (κ1) is 9.78. The van der Waals surface area contributed by atoms with Gasteiger partial charge in [0.15, 0.2) is 6.29 Å². The van der Waals surface area contributed by atoms with Crippen molar-refractivity contribution in [3.05, 3.63) is 0 Å². The molecule has 0 saturated carbocycles. The summed E-state index contributed by atoms with van der Waals surface area (Å²) in [4.78, 5) is 26.5. The van der Waals surface area contributed by atoms with Crippen LogP contribution in [0.5, 0.6) is 0 Å². The van der Waals surface area contributed by atoms with Crippen LogP contribution in [0.4, 0.5) is 0 Å².